The van der Waals surface area contributed by atoms with Gasteiger partial charge in [0.05, 0.1) is 16.3 Å². The van der Waals surface area contributed by atoms with E-state index in [9.17, 15) is 18.0 Å². The average molecular weight is 311 g/mol. The number of benzene rings is 1. The molecule has 0 aliphatic heterocycles. The van der Waals surface area contributed by atoms with Gasteiger partial charge in [0.1, 0.15) is 6.04 Å². The third-order valence-corrected chi connectivity index (χ3v) is 3.11. The molecule has 1 atom stereocenters. The van der Waals surface area contributed by atoms with E-state index in [1.54, 1.807) is 0 Å². The van der Waals surface area contributed by atoms with E-state index >= 15 is 0 Å². The quantitative estimate of drug-likeness (QED) is 0.729. The molecule has 0 aliphatic carbocycles. The molecule has 0 aromatic heterocycles. The number of nitrogens with two attached hydrogens (primary N) is 2. The highest BCUT2D eigenvalue weighted by atomic mass is 35.5. The van der Waals surface area contributed by atoms with E-state index in [0.717, 1.165) is 6.07 Å². The lowest BCUT2D eigenvalue weighted by Gasteiger charge is -2.14. The maximum absolute atomic E-state index is 12.7. The predicted octanol–water partition coefficient (Wildman–Crippen LogP) is 2.68. The van der Waals surface area contributed by atoms with Crippen LogP contribution in [0.25, 0.3) is 0 Å². The number of aliphatic carboxylic acids is 1. The van der Waals surface area contributed by atoms with Crippen LogP contribution in [0.15, 0.2) is 12.1 Å². The normalized spacial score (nSPS) is 13.2. The zero-order chi connectivity index (χ0) is 15.5. The lowest BCUT2D eigenvalue weighted by atomic mass is 10.0. The summed E-state index contributed by atoms with van der Waals surface area (Å²) in [7, 11) is 0. The fourth-order valence-corrected chi connectivity index (χ4v) is 1.94. The zero-order valence-corrected chi connectivity index (χ0v) is 11.1. The van der Waals surface area contributed by atoms with Gasteiger partial charge in [-0.3, -0.25) is 4.79 Å². The zero-order valence-electron chi connectivity index (χ0n) is 10.4. The fraction of sp³-hybridized carbons (Fsp3) is 0.417. The van der Waals surface area contributed by atoms with Gasteiger partial charge in [-0.2, -0.15) is 13.2 Å². The lowest BCUT2D eigenvalue weighted by Crippen LogP contribution is -2.29. The first-order valence-corrected chi connectivity index (χ1v) is 6.14. The first-order chi connectivity index (χ1) is 9.12. The number of hydrogen-bond acceptors (Lipinski definition) is 3. The first kappa shape index (κ1) is 16.6. The summed E-state index contributed by atoms with van der Waals surface area (Å²) >= 11 is 5.67. The molecule has 8 heteroatoms. The van der Waals surface area contributed by atoms with E-state index in [4.69, 9.17) is 28.2 Å². The van der Waals surface area contributed by atoms with E-state index in [1.807, 2.05) is 0 Å². The van der Waals surface area contributed by atoms with Gasteiger partial charge in [0.15, 0.2) is 0 Å². The molecule has 20 heavy (non-hydrogen) atoms. The Morgan fingerprint density at radius 2 is 2.00 bits per heavy atom. The number of alkyl halides is 3. The van der Waals surface area contributed by atoms with Crippen molar-refractivity contribution in [2.45, 2.75) is 31.5 Å². The second-order valence-electron chi connectivity index (χ2n) is 4.37. The number of carboxylic acids is 1. The van der Waals surface area contributed by atoms with Crippen molar-refractivity contribution in [2.75, 3.05) is 5.73 Å². The third-order valence-electron chi connectivity index (χ3n) is 2.79. The number of rotatable bonds is 5. The minimum atomic E-state index is -4.58. The maximum Gasteiger partial charge on any atom is 0.418 e. The van der Waals surface area contributed by atoms with Crippen LogP contribution < -0.4 is 11.5 Å². The summed E-state index contributed by atoms with van der Waals surface area (Å²) in [6, 6.07) is 1.24. The van der Waals surface area contributed by atoms with Gasteiger partial charge in [-0.15, -0.1) is 0 Å². The van der Waals surface area contributed by atoms with Crippen molar-refractivity contribution in [3.63, 3.8) is 0 Å². The van der Waals surface area contributed by atoms with E-state index < -0.39 is 29.4 Å². The van der Waals surface area contributed by atoms with E-state index in [2.05, 4.69) is 0 Å². The Bertz CT molecular complexity index is 506. The van der Waals surface area contributed by atoms with Crippen molar-refractivity contribution in [3.8, 4) is 0 Å². The molecule has 0 aliphatic rings. The summed E-state index contributed by atoms with van der Waals surface area (Å²) in [6.07, 6.45) is -3.84. The van der Waals surface area contributed by atoms with E-state index in [1.165, 1.54) is 6.07 Å². The highest BCUT2D eigenvalue weighted by Gasteiger charge is 2.34. The predicted molar refractivity (Wildman–Crippen MR) is 69.4 cm³/mol. The Morgan fingerprint density at radius 3 is 2.50 bits per heavy atom. The summed E-state index contributed by atoms with van der Waals surface area (Å²) in [4.78, 5) is 10.5. The Labute approximate surface area is 118 Å². The summed E-state index contributed by atoms with van der Waals surface area (Å²) in [5.74, 6) is -1.14. The molecule has 1 aromatic rings. The molecule has 0 amide bonds. The number of halogens is 4. The maximum atomic E-state index is 12.7. The monoisotopic (exact) mass is 310 g/mol. The van der Waals surface area contributed by atoms with Crippen LogP contribution in [0.3, 0.4) is 0 Å². The molecule has 0 saturated heterocycles. The second kappa shape index (κ2) is 6.32. The Kier molecular flexibility index (Phi) is 5.24. The summed E-state index contributed by atoms with van der Waals surface area (Å²) in [5.41, 5.74) is 9.46. The molecule has 1 aromatic carbocycles. The molecule has 112 valence electrons. The van der Waals surface area contributed by atoms with Gasteiger partial charge in [0.2, 0.25) is 0 Å². The largest absolute Gasteiger partial charge is 0.480 e. The molecule has 1 rings (SSSR count). The van der Waals surface area contributed by atoms with Crippen LogP contribution in [0.1, 0.15) is 24.0 Å². The SMILES string of the molecule is Nc1c(Cl)cc(CCCC(N)C(=O)O)cc1C(F)(F)F. The molecule has 0 saturated carbocycles. The molecule has 0 radical (unpaired) electrons. The van der Waals surface area contributed by atoms with E-state index in [-0.39, 0.29) is 17.9 Å². The van der Waals surface area contributed by atoms with Gasteiger partial charge in [0, 0.05) is 0 Å². The third kappa shape index (κ3) is 4.28. The summed E-state index contributed by atoms with van der Waals surface area (Å²) in [6.45, 7) is 0. The Morgan fingerprint density at radius 1 is 1.40 bits per heavy atom. The number of carboxylic acid groups (broad SMARTS) is 1. The van der Waals surface area contributed by atoms with Gasteiger partial charge in [-0.05, 0) is 37.0 Å². The number of carbonyl (C=O) groups is 1. The fourth-order valence-electron chi connectivity index (χ4n) is 1.70. The molecular weight excluding hydrogens is 297 g/mol. The highest BCUT2D eigenvalue weighted by molar-refractivity contribution is 6.33. The van der Waals surface area contributed by atoms with Gasteiger partial charge >= 0.3 is 12.1 Å². The molecule has 0 heterocycles. The molecule has 0 fully saturated rings. The Hall–Kier alpha value is -1.47. The van der Waals surface area contributed by atoms with Crippen molar-refractivity contribution >= 4 is 23.3 Å². The van der Waals surface area contributed by atoms with Crippen LogP contribution in [0.5, 0.6) is 0 Å². The van der Waals surface area contributed by atoms with Gasteiger partial charge in [-0.25, -0.2) is 0 Å². The van der Waals surface area contributed by atoms with Crippen molar-refractivity contribution in [1.29, 1.82) is 0 Å². The number of aryl methyl sites for hydroxylation is 1. The topological polar surface area (TPSA) is 89.3 Å². The molecule has 0 bridgehead atoms. The molecule has 4 nitrogen and oxygen atoms in total. The first-order valence-electron chi connectivity index (χ1n) is 5.76. The number of nitrogen functional groups attached to an aromatic ring is 1. The highest BCUT2D eigenvalue weighted by Crippen LogP contribution is 2.38. The van der Waals surface area contributed by atoms with Crippen LogP contribution in [-0.4, -0.2) is 17.1 Å². The smallest absolute Gasteiger partial charge is 0.418 e. The van der Waals surface area contributed by atoms with Crippen LogP contribution in [-0.2, 0) is 17.4 Å². The van der Waals surface area contributed by atoms with Gasteiger partial charge < -0.3 is 16.6 Å². The van der Waals surface area contributed by atoms with Gasteiger partial charge in [-0.1, -0.05) is 11.6 Å². The second-order valence-corrected chi connectivity index (χ2v) is 4.78. The lowest BCUT2D eigenvalue weighted by molar-refractivity contribution is -0.139. The summed E-state index contributed by atoms with van der Waals surface area (Å²) < 4.78 is 38.2. The number of hydrogen-bond donors (Lipinski definition) is 3. The van der Waals surface area contributed by atoms with Crippen molar-refractivity contribution in [3.05, 3.63) is 28.3 Å². The van der Waals surface area contributed by atoms with Crippen LogP contribution in [0.2, 0.25) is 5.02 Å². The molecule has 1 unspecified atom stereocenters. The Balaban J connectivity index is 2.82. The van der Waals surface area contributed by atoms with Crippen molar-refractivity contribution in [1.82, 2.24) is 0 Å². The van der Waals surface area contributed by atoms with E-state index in [0.29, 0.717) is 12.0 Å². The van der Waals surface area contributed by atoms with Crippen molar-refractivity contribution < 1.29 is 23.1 Å². The molecule has 0 spiro atoms. The standard InChI is InChI=1S/C12H14ClF3N2O2/c13-8-5-6(2-1-3-9(17)11(19)20)4-7(10(8)18)12(14,15)16/h4-5,9H,1-3,17-18H2,(H,19,20). The van der Waals surface area contributed by atoms with Crippen LogP contribution in [0, 0.1) is 0 Å². The van der Waals surface area contributed by atoms with Crippen LogP contribution >= 0.6 is 11.6 Å². The van der Waals surface area contributed by atoms with Gasteiger partial charge in [0.25, 0.3) is 0 Å². The summed E-state index contributed by atoms with van der Waals surface area (Å²) in [5, 5.41) is 8.43. The average Bonchev–Trinajstić information content (AvgIpc) is 2.31. The van der Waals surface area contributed by atoms with Crippen LogP contribution in [0.4, 0.5) is 18.9 Å². The minimum absolute atomic E-state index is 0.165. The molecule has 5 N–H and O–H groups in total. The number of anilines is 1. The minimum Gasteiger partial charge on any atom is -0.480 e. The molecular formula is C12H14ClF3N2O2. The van der Waals surface area contributed by atoms with Crippen molar-refractivity contribution in [2.24, 2.45) is 5.73 Å².